The Bertz CT molecular complexity index is 2260. The number of likely N-dealkylation sites (tertiary alicyclic amines) is 1. The van der Waals surface area contributed by atoms with Gasteiger partial charge in [0.05, 0.1) is 30.7 Å². The molecular weight excluding hydrogens is 901 g/mol. The summed E-state index contributed by atoms with van der Waals surface area (Å²) < 4.78 is 5.64. The lowest BCUT2D eigenvalue weighted by Gasteiger charge is -2.31. The van der Waals surface area contributed by atoms with Crippen molar-refractivity contribution in [1.82, 2.24) is 51.7 Å². The van der Waals surface area contributed by atoms with Gasteiger partial charge in [0.25, 0.3) is 11.8 Å². The van der Waals surface area contributed by atoms with E-state index in [9.17, 15) is 43.5 Å². The fraction of sp³-hybridized carbons (Fsp3) is 0.520. The lowest BCUT2D eigenvalue weighted by Crippen LogP contribution is -2.59. The minimum absolute atomic E-state index is 0.0265. The van der Waals surface area contributed by atoms with Gasteiger partial charge in [-0.3, -0.25) is 38.5 Å². The SMILES string of the molecule is CCC[C@H](NC(=O)[C@@H]1CN(C(=O)OC(C)(C)C)C[C@@H]1NC(=O)[C@H](Cc1ccccc1)NC(=O)[C@@H](NC(=O)c1cnccn1)C1CCCCC1)C(O)C(=O)NCC(=O)N[C@H](C(=O)N(C)C)c1ccccc1. The summed E-state index contributed by atoms with van der Waals surface area (Å²) in [6, 6.07) is 12.1. The summed E-state index contributed by atoms with van der Waals surface area (Å²) in [5.74, 6) is -5.96. The van der Waals surface area contributed by atoms with E-state index in [1.807, 2.05) is 6.07 Å². The molecule has 5 rings (SSSR count). The highest BCUT2D eigenvalue weighted by atomic mass is 16.6. The molecule has 7 N–H and O–H groups in total. The molecule has 1 saturated carbocycles. The summed E-state index contributed by atoms with van der Waals surface area (Å²) in [6.07, 6.45) is 6.15. The molecule has 0 radical (unpaired) electrons. The van der Waals surface area contributed by atoms with E-state index in [4.69, 9.17) is 4.74 Å². The van der Waals surface area contributed by atoms with Crippen LogP contribution in [0.15, 0.2) is 79.3 Å². The number of hydrogen-bond donors (Lipinski definition) is 7. The number of ether oxygens (including phenoxy) is 1. The van der Waals surface area contributed by atoms with E-state index in [0.717, 1.165) is 19.3 Å². The van der Waals surface area contributed by atoms with Gasteiger partial charge in [-0.2, -0.15) is 0 Å². The van der Waals surface area contributed by atoms with Gasteiger partial charge in [-0.1, -0.05) is 93.3 Å². The first-order valence-electron chi connectivity index (χ1n) is 23.9. The van der Waals surface area contributed by atoms with Crippen molar-refractivity contribution in [3.05, 3.63) is 96.1 Å². The zero-order valence-corrected chi connectivity index (χ0v) is 40.8. The van der Waals surface area contributed by atoms with Crippen LogP contribution in [0.3, 0.4) is 0 Å². The van der Waals surface area contributed by atoms with Crippen LogP contribution < -0.4 is 31.9 Å². The highest BCUT2D eigenvalue weighted by Crippen LogP contribution is 2.28. The van der Waals surface area contributed by atoms with Crippen molar-refractivity contribution in [2.24, 2.45) is 11.8 Å². The van der Waals surface area contributed by atoms with Crippen molar-refractivity contribution in [3.8, 4) is 0 Å². The third-order valence-corrected chi connectivity index (χ3v) is 12.2. The first-order chi connectivity index (χ1) is 33.3. The van der Waals surface area contributed by atoms with E-state index in [0.29, 0.717) is 30.4 Å². The number of aromatic nitrogens is 2. The van der Waals surface area contributed by atoms with Crippen LogP contribution in [-0.4, -0.2) is 142 Å². The van der Waals surface area contributed by atoms with Crippen LogP contribution >= 0.6 is 0 Å². The summed E-state index contributed by atoms with van der Waals surface area (Å²) in [6.45, 7) is 5.88. The summed E-state index contributed by atoms with van der Waals surface area (Å²) >= 11 is 0. The van der Waals surface area contributed by atoms with Crippen LogP contribution in [0.25, 0.3) is 0 Å². The van der Waals surface area contributed by atoms with E-state index in [1.165, 1.54) is 28.4 Å². The first kappa shape index (κ1) is 54.0. The molecule has 7 atom stereocenters. The Morgan fingerprint density at radius 2 is 1.50 bits per heavy atom. The molecule has 1 aliphatic heterocycles. The molecule has 1 aromatic heterocycles. The van der Waals surface area contributed by atoms with Crippen molar-refractivity contribution in [2.45, 2.75) is 121 Å². The molecule has 20 heteroatoms. The predicted molar refractivity (Wildman–Crippen MR) is 257 cm³/mol. The zero-order chi connectivity index (χ0) is 51.0. The van der Waals surface area contributed by atoms with Gasteiger partial charge in [-0.15, -0.1) is 0 Å². The third-order valence-electron chi connectivity index (χ3n) is 12.2. The number of likely N-dealkylation sites (N-methyl/N-ethyl adjacent to an activating group) is 1. The molecule has 1 unspecified atom stereocenters. The van der Waals surface area contributed by atoms with Crippen LogP contribution in [0.2, 0.25) is 0 Å². The number of benzene rings is 2. The highest BCUT2D eigenvalue weighted by molar-refractivity contribution is 5.97. The Balaban J connectivity index is 1.33. The van der Waals surface area contributed by atoms with E-state index >= 15 is 0 Å². The Morgan fingerprint density at radius 3 is 2.11 bits per heavy atom. The fourth-order valence-corrected chi connectivity index (χ4v) is 8.56. The maximum Gasteiger partial charge on any atom is 0.410 e. The second kappa shape index (κ2) is 25.6. The lowest BCUT2D eigenvalue weighted by molar-refractivity contribution is -0.136. The quantitative estimate of drug-likeness (QED) is 0.0857. The number of rotatable bonds is 20. The normalized spacial score (nSPS) is 18.1. The van der Waals surface area contributed by atoms with Gasteiger partial charge in [-0.25, -0.2) is 9.78 Å². The lowest BCUT2D eigenvalue weighted by atomic mass is 9.83. The van der Waals surface area contributed by atoms with Crippen LogP contribution in [0, 0.1) is 11.8 Å². The predicted octanol–water partition coefficient (Wildman–Crippen LogP) is 1.94. The van der Waals surface area contributed by atoms with Crippen molar-refractivity contribution < 1.29 is 48.2 Å². The zero-order valence-electron chi connectivity index (χ0n) is 40.8. The van der Waals surface area contributed by atoms with Crippen LogP contribution in [-0.2, 0) is 39.9 Å². The maximum absolute atomic E-state index is 14.6. The molecule has 2 aromatic carbocycles. The van der Waals surface area contributed by atoms with E-state index in [-0.39, 0.29) is 37.5 Å². The molecule has 1 saturated heterocycles. The molecular formula is C50H68N10O10. The number of carbonyl (C=O) groups is 8. The first-order valence-corrected chi connectivity index (χ1v) is 23.9. The van der Waals surface area contributed by atoms with Crippen LogP contribution in [0.1, 0.15) is 100 Å². The summed E-state index contributed by atoms with van der Waals surface area (Å²) in [5.41, 5.74) is 0.364. The minimum atomic E-state index is -1.83. The molecule has 2 aliphatic rings. The van der Waals surface area contributed by atoms with Gasteiger partial charge in [0.15, 0.2) is 6.10 Å². The molecule has 20 nitrogen and oxygen atoms in total. The smallest absolute Gasteiger partial charge is 0.410 e. The summed E-state index contributed by atoms with van der Waals surface area (Å²) in [4.78, 5) is 120. The molecule has 378 valence electrons. The number of hydrogen-bond acceptors (Lipinski definition) is 12. The average Bonchev–Trinajstić information content (AvgIpc) is 3.77. The Hall–Kier alpha value is -6.96. The molecule has 1 aliphatic carbocycles. The molecule has 2 fully saturated rings. The Labute approximate surface area is 408 Å². The molecule has 0 spiro atoms. The van der Waals surface area contributed by atoms with Gasteiger partial charge < -0.3 is 51.5 Å². The number of nitrogens with one attached hydrogen (secondary N) is 6. The fourth-order valence-electron chi connectivity index (χ4n) is 8.56. The maximum atomic E-state index is 14.6. The second-order valence-corrected chi connectivity index (χ2v) is 19.0. The van der Waals surface area contributed by atoms with E-state index in [1.54, 1.807) is 96.4 Å². The van der Waals surface area contributed by atoms with Crippen molar-refractivity contribution in [3.63, 3.8) is 0 Å². The Kier molecular flexibility index (Phi) is 19.7. The summed E-state index contributed by atoms with van der Waals surface area (Å²) in [5, 5.41) is 27.8. The number of aliphatic hydroxyl groups excluding tert-OH is 1. The van der Waals surface area contributed by atoms with Crippen molar-refractivity contribution in [1.29, 1.82) is 0 Å². The van der Waals surface area contributed by atoms with E-state index < -0.39 is 102 Å². The standard InChI is InChI=1S/C50H68N10O10/c1-7-17-35(42(62)47(67)53-28-39(61)57-41(48(68)59(5)6)33-22-15-10-16-23-33)54-43(63)34-29-60(49(69)70-50(2,3)4)30-38(34)56-44(64)36(26-31-18-11-8-12-19-31)55-46(66)40(32-20-13-9-14-21-32)58-45(65)37-27-51-24-25-52-37/h8,10-12,15-16,18-19,22-25,27,32,34-36,38,40-42,62H,7,9,13-14,17,20-21,26,28-30H2,1-6H3,(H,53,67)(H,54,63)(H,55,66)(H,56,64)(H,57,61)(H,58,65)/t34-,35+,36+,38+,40+,41+,42?/m1/s1. The van der Waals surface area contributed by atoms with E-state index in [2.05, 4.69) is 41.9 Å². The third kappa shape index (κ3) is 15.8. The van der Waals surface area contributed by atoms with Crippen LogP contribution in [0.4, 0.5) is 4.79 Å². The number of carbonyl (C=O) groups excluding carboxylic acids is 8. The molecule has 70 heavy (non-hydrogen) atoms. The topological polar surface area (TPSA) is 270 Å². The molecule has 8 amide bonds. The van der Waals surface area contributed by atoms with Crippen molar-refractivity contribution >= 4 is 47.4 Å². The molecule has 2 heterocycles. The number of amides is 8. The van der Waals surface area contributed by atoms with Crippen LogP contribution in [0.5, 0.6) is 0 Å². The average molecular weight is 969 g/mol. The monoisotopic (exact) mass is 969 g/mol. The molecule has 3 aromatic rings. The largest absolute Gasteiger partial charge is 0.444 e. The molecule has 0 bridgehead atoms. The summed E-state index contributed by atoms with van der Waals surface area (Å²) in [7, 11) is 3.09. The Morgan fingerprint density at radius 1 is 0.829 bits per heavy atom. The van der Waals surface area contributed by atoms with Crippen molar-refractivity contribution in [2.75, 3.05) is 33.7 Å². The van der Waals surface area contributed by atoms with Gasteiger partial charge in [0.2, 0.25) is 29.5 Å². The van der Waals surface area contributed by atoms with Gasteiger partial charge in [0, 0.05) is 46.0 Å². The van der Waals surface area contributed by atoms with Gasteiger partial charge >= 0.3 is 6.09 Å². The minimum Gasteiger partial charge on any atom is -0.444 e. The second-order valence-electron chi connectivity index (χ2n) is 19.0. The number of aliphatic hydroxyl groups is 1. The number of nitrogens with zero attached hydrogens (tertiary/aromatic N) is 4. The van der Waals surface area contributed by atoms with Gasteiger partial charge in [-0.05, 0) is 57.1 Å². The van der Waals surface area contributed by atoms with Gasteiger partial charge in [0.1, 0.15) is 29.4 Å². The highest BCUT2D eigenvalue weighted by Gasteiger charge is 2.44.